The first-order valence-electron chi connectivity index (χ1n) is 7.80. The van der Waals surface area contributed by atoms with Crippen LogP contribution in [0.15, 0.2) is 48.5 Å². The molecule has 2 nitrogen and oxygen atoms in total. The van der Waals surface area contributed by atoms with Crippen LogP contribution in [0, 0.1) is 0 Å². The molecule has 0 unspecified atom stereocenters. The van der Waals surface area contributed by atoms with Crippen molar-refractivity contribution >= 4 is 0 Å². The SMILES string of the molecule is CC1(O)CCN(C2c3ccccc3-c3ccccc32)CC1. The molecular formula is C19H21NO. The van der Waals surface area contributed by atoms with E-state index in [0.29, 0.717) is 6.04 Å². The van der Waals surface area contributed by atoms with E-state index in [2.05, 4.69) is 53.4 Å². The molecule has 21 heavy (non-hydrogen) atoms. The smallest absolute Gasteiger partial charge is 0.0644 e. The third-order valence-electron chi connectivity index (χ3n) is 5.04. The van der Waals surface area contributed by atoms with Crippen LogP contribution in [0.25, 0.3) is 11.1 Å². The number of aliphatic hydroxyl groups is 1. The van der Waals surface area contributed by atoms with Crippen molar-refractivity contribution in [3.05, 3.63) is 59.7 Å². The van der Waals surface area contributed by atoms with Crippen LogP contribution < -0.4 is 0 Å². The molecule has 2 heteroatoms. The Hall–Kier alpha value is -1.64. The molecule has 0 saturated carbocycles. The first-order chi connectivity index (χ1) is 10.2. The molecule has 0 atom stereocenters. The van der Waals surface area contributed by atoms with Crippen LogP contribution in [0.2, 0.25) is 0 Å². The van der Waals surface area contributed by atoms with Crippen molar-refractivity contribution in [1.82, 2.24) is 4.90 Å². The topological polar surface area (TPSA) is 23.5 Å². The van der Waals surface area contributed by atoms with Crippen molar-refractivity contribution in [3.63, 3.8) is 0 Å². The summed E-state index contributed by atoms with van der Waals surface area (Å²) >= 11 is 0. The molecule has 1 aliphatic heterocycles. The van der Waals surface area contributed by atoms with Gasteiger partial charge in [0.05, 0.1) is 11.6 Å². The zero-order valence-corrected chi connectivity index (χ0v) is 12.4. The summed E-state index contributed by atoms with van der Waals surface area (Å²) in [5.41, 5.74) is 5.08. The van der Waals surface area contributed by atoms with Crippen LogP contribution in [0.5, 0.6) is 0 Å². The highest BCUT2D eigenvalue weighted by Gasteiger charge is 2.36. The molecule has 108 valence electrons. The van der Waals surface area contributed by atoms with Crippen LogP contribution >= 0.6 is 0 Å². The van der Waals surface area contributed by atoms with Crippen LogP contribution in [-0.4, -0.2) is 28.7 Å². The Morgan fingerprint density at radius 2 is 1.38 bits per heavy atom. The Labute approximate surface area is 126 Å². The Bertz CT molecular complexity index is 621. The Balaban J connectivity index is 1.76. The van der Waals surface area contributed by atoms with Crippen LogP contribution in [0.4, 0.5) is 0 Å². The number of hydrogen-bond acceptors (Lipinski definition) is 2. The van der Waals surface area contributed by atoms with E-state index in [0.717, 1.165) is 25.9 Å². The summed E-state index contributed by atoms with van der Waals surface area (Å²) in [6.07, 6.45) is 1.71. The van der Waals surface area contributed by atoms with Gasteiger partial charge in [-0.05, 0) is 42.0 Å². The van der Waals surface area contributed by atoms with Gasteiger partial charge in [-0.2, -0.15) is 0 Å². The quantitative estimate of drug-likeness (QED) is 0.862. The van der Waals surface area contributed by atoms with E-state index in [-0.39, 0.29) is 0 Å². The normalized spacial score (nSPS) is 21.0. The highest BCUT2D eigenvalue weighted by molar-refractivity contribution is 5.78. The van der Waals surface area contributed by atoms with E-state index in [1.807, 2.05) is 6.92 Å². The molecule has 0 amide bonds. The number of hydrogen-bond donors (Lipinski definition) is 1. The number of nitrogens with zero attached hydrogens (tertiary/aromatic N) is 1. The minimum absolute atomic E-state index is 0.355. The van der Waals surface area contributed by atoms with Gasteiger partial charge in [0.25, 0.3) is 0 Å². The van der Waals surface area contributed by atoms with Gasteiger partial charge in [0, 0.05) is 13.1 Å². The standard InChI is InChI=1S/C19H21NO/c1-19(21)10-12-20(13-11-19)18-16-8-4-2-6-14(16)15-7-3-5-9-17(15)18/h2-9,18,21H,10-13H2,1H3. The maximum atomic E-state index is 10.2. The molecule has 0 radical (unpaired) electrons. The van der Waals surface area contributed by atoms with E-state index >= 15 is 0 Å². The molecule has 0 spiro atoms. The van der Waals surface area contributed by atoms with Gasteiger partial charge in [-0.15, -0.1) is 0 Å². The molecule has 0 bridgehead atoms. The van der Waals surface area contributed by atoms with Crippen molar-refractivity contribution in [3.8, 4) is 11.1 Å². The Kier molecular flexibility index (Phi) is 2.91. The van der Waals surface area contributed by atoms with Gasteiger partial charge in [-0.1, -0.05) is 48.5 Å². The van der Waals surface area contributed by atoms with Gasteiger partial charge < -0.3 is 5.11 Å². The predicted octanol–water partition coefficient (Wildman–Crippen LogP) is 3.60. The third-order valence-corrected chi connectivity index (χ3v) is 5.04. The van der Waals surface area contributed by atoms with Crippen LogP contribution in [0.1, 0.15) is 36.9 Å². The average molecular weight is 279 g/mol. The molecule has 2 aromatic carbocycles. The molecule has 1 heterocycles. The summed E-state index contributed by atoms with van der Waals surface area (Å²) in [6, 6.07) is 17.9. The monoisotopic (exact) mass is 279 g/mol. The summed E-state index contributed by atoms with van der Waals surface area (Å²) in [4.78, 5) is 2.53. The summed E-state index contributed by atoms with van der Waals surface area (Å²) in [5, 5.41) is 10.2. The summed E-state index contributed by atoms with van der Waals surface area (Å²) < 4.78 is 0. The van der Waals surface area contributed by atoms with E-state index in [9.17, 15) is 5.11 Å². The first kappa shape index (κ1) is 13.1. The van der Waals surface area contributed by atoms with Gasteiger partial charge in [-0.25, -0.2) is 0 Å². The van der Waals surface area contributed by atoms with Gasteiger partial charge in [-0.3, -0.25) is 4.90 Å². The van der Waals surface area contributed by atoms with Crippen LogP contribution in [-0.2, 0) is 0 Å². The maximum Gasteiger partial charge on any atom is 0.0644 e. The van der Waals surface area contributed by atoms with Gasteiger partial charge in [0.1, 0.15) is 0 Å². The third kappa shape index (κ3) is 2.10. The number of likely N-dealkylation sites (tertiary alicyclic amines) is 1. The highest BCUT2D eigenvalue weighted by atomic mass is 16.3. The molecule has 4 rings (SSSR count). The van der Waals surface area contributed by atoms with E-state index in [1.54, 1.807) is 0 Å². The molecule has 2 aromatic rings. The minimum Gasteiger partial charge on any atom is -0.390 e. The lowest BCUT2D eigenvalue weighted by molar-refractivity contribution is -0.0123. The summed E-state index contributed by atoms with van der Waals surface area (Å²) in [5.74, 6) is 0. The number of benzene rings is 2. The van der Waals surface area contributed by atoms with Crippen molar-refractivity contribution in [2.75, 3.05) is 13.1 Å². The number of piperidine rings is 1. The molecule has 2 aliphatic rings. The molecule has 1 N–H and O–H groups in total. The zero-order chi connectivity index (χ0) is 14.4. The molecule has 1 fully saturated rings. The zero-order valence-electron chi connectivity index (χ0n) is 12.4. The number of fused-ring (bicyclic) bond motifs is 3. The van der Waals surface area contributed by atoms with Crippen molar-refractivity contribution in [1.29, 1.82) is 0 Å². The van der Waals surface area contributed by atoms with Crippen LogP contribution in [0.3, 0.4) is 0 Å². The average Bonchev–Trinajstić information content (AvgIpc) is 2.82. The van der Waals surface area contributed by atoms with Crippen molar-refractivity contribution < 1.29 is 5.11 Å². The van der Waals surface area contributed by atoms with Crippen molar-refractivity contribution in [2.24, 2.45) is 0 Å². The lowest BCUT2D eigenvalue weighted by Gasteiger charge is -2.39. The maximum absolute atomic E-state index is 10.2. The fourth-order valence-corrected chi connectivity index (χ4v) is 3.79. The highest BCUT2D eigenvalue weighted by Crippen LogP contribution is 2.47. The van der Waals surface area contributed by atoms with E-state index < -0.39 is 5.60 Å². The second-order valence-corrected chi connectivity index (χ2v) is 6.61. The molecular weight excluding hydrogens is 258 g/mol. The largest absolute Gasteiger partial charge is 0.390 e. The predicted molar refractivity (Wildman–Crippen MR) is 85.2 cm³/mol. The Morgan fingerprint density at radius 1 is 0.905 bits per heavy atom. The van der Waals surface area contributed by atoms with Gasteiger partial charge in [0.15, 0.2) is 0 Å². The van der Waals surface area contributed by atoms with Crippen molar-refractivity contribution in [2.45, 2.75) is 31.4 Å². The second kappa shape index (κ2) is 4.69. The minimum atomic E-state index is -0.492. The lowest BCUT2D eigenvalue weighted by atomic mass is 9.91. The summed E-state index contributed by atoms with van der Waals surface area (Å²) in [6.45, 7) is 3.88. The fraction of sp³-hybridized carbons (Fsp3) is 0.368. The summed E-state index contributed by atoms with van der Waals surface area (Å²) in [7, 11) is 0. The molecule has 0 aromatic heterocycles. The first-order valence-corrected chi connectivity index (χ1v) is 7.80. The number of rotatable bonds is 1. The lowest BCUT2D eigenvalue weighted by Crippen LogP contribution is -2.43. The molecule has 1 aliphatic carbocycles. The van der Waals surface area contributed by atoms with E-state index in [4.69, 9.17) is 0 Å². The van der Waals surface area contributed by atoms with Gasteiger partial charge >= 0.3 is 0 Å². The van der Waals surface area contributed by atoms with E-state index in [1.165, 1.54) is 22.3 Å². The fourth-order valence-electron chi connectivity index (χ4n) is 3.79. The van der Waals surface area contributed by atoms with Gasteiger partial charge in [0.2, 0.25) is 0 Å². The second-order valence-electron chi connectivity index (χ2n) is 6.61. The molecule has 1 saturated heterocycles. The Morgan fingerprint density at radius 3 is 1.90 bits per heavy atom.